The summed E-state index contributed by atoms with van der Waals surface area (Å²) in [6.45, 7) is 2.24. The van der Waals surface area contributed by atoms with Crippen molar-refractivity contribution in [3.8, 4) is 0 Å². The van der Waals surface area contributed by atoms with Gasteiger partial charge in [-0.2, -0.15) is 0 Å². The molecule has 0 amide bonds. The van der Waals surface area contributed by atoms with Crippen molar-refractivity contribution in [2.24, 2.45) is 5.92 Å². The predicted octanol–water partition coefficient (Wildman–Crippen LogP) is 5.72. The average molecular weight is 355 g/mol. The fourth-order valence-corrected chi connectivity index (χ4v) is 3.15. The molecule has 1 N–H and O–H groups in total. The van der Waals surface area contributed by atoms with E-state index in [1.54, 1.807) is 0 Å². The van der Waals surface area contributed by atoms with E-state index in [1.165, 1.54) is 64.2 Å². The van der Waals surface area contributed by atoms with Crippen molar-refractivity contribution in [2.45, 2.75) is 110 Å². The molecule has 0 aromatic heterocycles. The molecule has 0 aliphatic rings. The Morgan fingerprint density at radius 3 is 1.64 bits per heavy atom. The zero-order valence-electron chi connectivity index (χ0n) is 16.1. The van der Waals surface area contributed by atoms with Crippen LogP contribution in [-0.2, 0) is 14.4 Å². The van der Waals surface area contributed by atoms with Crippen molar-refractivity contribution in [2.75, 3.05) is 0 Å². The Morgan fingerprint density at radius 1 is 0.800 bits per heavy atom. The molecule has 0 saturated carbocycles. The highest BCUT2D eigenvalue weighted by Gasteiger charge is 2.24. The monoisotopic (exact) mass is 354 g/mol. The van der Waals surface area contributed by atoms with Gasteiger partial charge in [-0.15, -0.1) is 0 Å². The first-order valence-corrected chi connectivity index (χ1v) is 10.3. The van der Waals surface area contributed by atoms with Gasteiger partial charge in [0.1, 0.15) is 18.0 Å². The summed E-state index contributed by atoms with van der Waals surface area (Å²) in [6, 6.07) is 0. The lowest BCUT2D eigenvalue weighted by Crippen LogP contribution is -2.23. The molecule has 0 aromatic rings. The molecule has 4 nitrogen and oxygen atoms in total. The van der Waals surface area contributed by atoms with Crippen LogP contribution in [0.3, 0.4) is 0 Å². The molecular weight excluding hydrogens is 316 g/mol. The molecule has 0 fully saturated rings. The lowest BCUT2D eigenvalue weighted by Gasteiger charge is -2.09. The Hall–Kier alpha value is -1.19. The first kappa shape index (κ1) is 23.8. The van der Waals surface area contributed by atoms with Crippen molar-refractivity contribution in [3.05, 3.63) is 0 Å². The van der Waals surface area contributed by atoms with Crippen molar-refractivity contribution in [1.29, 1.82) is 0 Å². The van der Waals surface area contributed by atoms with E-state index in [0.717, 1.165) is 19.3 Å². The second kappa shape index (κ2) is 17.6. The quantitative estimate of drug-likeness (QED) is 0.183. The minimum absolute atomic E-state index is 0.135. The van der Waals surface area contributed by atoms with E-state index in [0.29, 0.717) is 12.7 Å². The van der Waals surface area contributed by atoms with Gasteiger partial charge in [0.15, 0.2) is 0 Å². The number of aliphatic carboxylic acids is 1. The highest BCUT2D eigenvalue weighted by Crippen LogP contribution is 2.15. The first-order valence-electron chi connectivity index (χ1n) is 10.3. The number of Topliss-reactive ketones (excluding diaryl/α,β-unsaturated/α-hetero) is 1. The minimum atomic E-state index is -1.10. The molecule has 0 spiro atoms. The van der Waals surface area contributed by atoms with Crippen LogP contribution in [0.5, 0.6) is 0 Å². The van der Waals surface area contributed by atoms with Gasteiger partial charge in [0, 0.05) is 12.8 Å². The number of aldehydes is 1. The Kier molecular flexibility index (Phi) is 16.8. The second-order valence-electron chi connectivity index (χ2n) is 7.09. The van der Waals surface area contributed by atoms with Crippen LogP contribution in [-0.4, -0.2) is 23.1 Å². The van der Waals surface area contributed by atoms with E-state index in [-0.39, 0.29) is 18.6 Å². The van der Waals surface area contributed by atoms with Crippen molar-refractivity contribution in [3.63, 3.8) is 0 Å². The Morgan fingerprint density at radius 2 is 1.24 bits per heavy atom. The highest BCUT2D eigenvalue weighted by molar-refractivity contribution is 5.98. The largest absolute Gasteiger partial charge is 0.481 e. The summed E-state index contributed by atoms with van der Waals surface area (Å²) in [4.78, 5) is 33.3. The number of carbonyl (C=O) groups excluding carboxylic acids is 2. The molecule has 0 unspecified atom stereocenters. The van der Waals surface area contributed by atoms with Crippen molar-refractivity contribution < 1.29 is 19.5 Å². The van der Waals surface area contributed by atoms with E-state index in [4.69, 9.17) is 5.11 Å². The molecule has 0 rings (SSSR count). The van der Waals surface area contributed by atoms with E-state index in [1.807, 2.05) is 0 Å². The number of hydrogen-bond donors (Lipinski definition) is 1. The Balaban J connectivity index is 3.46. The summed E-state index contributed by atoms with van der Waals surface area (Å²) in [5.74, 6) is -2.32. The van der Waals surface area contributed by atoms with Gasteiger partial charge < -0.3 is 9.90 Å². The maximum absolute atomic E-state index is 11.9. The summed E-state index contributed by atoms with van der Waals surface area (Å²) in [7, 11) is 0. The van der Waals surface area contributed by atoms with Crippen LogP contribution < -0.4 is 0 Å². The van der Waals surface area contributed by atoms with E-state index >= 15 is 0 Å². The third-order valence-corrected chi connectivity index (χ3v) is 4.79. The van der Waals surface area contributed by atoms with Crippen LogP contribution in [0.15, 0.2) is 0 Å². The molecule has 4 heteroatoms. The van der Waals surface area contributed by atoms with Gasteiger partial charge in [-0.05, 0) is 12.8 Å². The maximum Gasteiger partial charge on any atom is 0.314 e. The van der Waals surface area contributed by atoms with Crippen LogP contribution >= 0.6 is 0 Å². The second-order valence-corrected chi connectivity index (χ2v) is 7.09. The van der Waals surface area contributed by atoms with E-state index in [2.05, 4.69) is 6.92 Å². The summed E-state index contributed by atoms with van der Waals surface area (Å²) in [6.07, 6.45) is 17.4. The van der Waals surface area contributed by atoms with Crippen LogP contribution in [0.1, 0.15) is 110 Å². The molecule has 25 heavy (non-hydrogen) atoms. The van der Waals surface area contributed by atoms with Gasteiger partial charge in [0.2, 0.25) is 0 Å². The number of hydrogen-bond acceptors (Lipinski definition) is 3. The summed E-state index contributed by atoms with van der Waals surface area (Å²) < 4.78 is 0. The number of carboxylic acid groups (broad SMARTS) is 1. The van der Waals surface area contributed by atoms with E-state index < -0.39 is 11.9 Å². The van der Waals surface area contributed by atoms with Gasteiger partial charge in [-0.25, -0.2) is 0 Å². The topological polar surface area (TPSA) is 71.4 Å². The average Bonchev–Trinajstić information content (AvgIpc) is 2.59. The molecule has 1 atom stereocenters. The molecule has 0 aliphatic carbocycles. The van der Waals surface area contributed by atoms with Crippen LogP contribution in [0.2, 0.25) is 0 Å². The lowest BCUT2D eigenvalue weighted by atomic mass is 9.94. The summed E-state index contributed by atoms with van der Waals surface area (Å²) in [5, 5.41) is 9.04. The maximum atomic E-state index is 11.9. The number of carbonyl (C=O) groups is 3. The number of ketones is 1. The zero-order chi connectivity index (χ0) is 18.8. The number of carboxylic acids is 1. The van der Waals surface area contributed by atoms with Crippen molar-refractivity contribution in [1.82, 2.24) is 0 Å². The highest BCUT2D eigenvalue weighted by atomic mass is 16.4. The van der Waals surface area contributed by atoms with E-state index in [9.17, 15) is 14.4 Å². The Labute approximate surface area is 153 Å². The predicted molar refractivity (Wildman–Crippen MR) is 102 cm³/mol. The SMILES string of the molecule is CCCCCCCCCCCCCCCC(=O)[C@H](CCC=O)C(=O)O. The molecule has 0 aliphatic heterocycles. The van der Waals surface area contributed by atoms with Gasteiger partial charge in [-0.3, -0.25) is 9.59 Å². The molecule has 0 aromatic carbocycles. The molecule has 0 heterocycles. The Bertz CT molecular complexity index is 352. The van der Waals surface area contributed by atoms with Crippen LogP contribution in [0, 0.1) is 5.92 Å². The minimum Gasteiger partial charge on any atom is -0.481 e. The molecular formula is C21H38O4. The number of unbranched alkanes of at least 4 members (excludes halogenated alkanes) is 12. The number of rotatable bonds is 19. The summed E-state index contributed by atoms with van der Waals surface area (Å²) in [5.41, 5.74) is 0. The van der Waals surface area contributed by atoms with Gasteiger partial charge in [0.25, 0.3) is 0 Å². The fraction of sp³-hybridized carbons (Fsp3) is 0.857. The molecule has 0 saturated heterocycles. The molecule has 0 bridgehead atoms. The standard InChI is InChI=1S/C21H38O4/c1-2-3-4-5-6-7-8-9-10-11-12-13-14-17-20(23)19(21(24)25)16-15-18-22/h18-19H,2-17H2,1H3,(H,24,25)/t19-/m0/s1. The molecule has 0 radical (unpaired) electrons. The fourth-order valence-electron chi connectivity index (χ4n) is 3.15. The van der Waals surface area contributed by atoms with Gasteiger partial charge >= 0.3 is 5.97 Å². The van der Waals surface area contributed by atoms with Gasteiger partial charge in [0.05, 0.1) is 0 Å². The van der Waals surface area contributed by atoms with Crippen LogP contribution in [0.4, 0.5) is 0 Å². The lowest BCUT2D eigenvalue weighted by molar-refractivity contribution is -0.146. The summed E-state index contributed by atoms with van der Waals surface area (Å²) >= 11 is 0. The normalized spacial score (nSPS) is 12.0. The zero-order valence-corrected chi connectivity index (χ0v) is 16.1. The smallest absolute Gasteiger partial charge is 0.314 e. The van der Waals surface area contributed by atoms with Crippen LogP contribution in [0.25, 0.3) is 0 Å². The van der Waals surface area contributed by atoms with Gasteiger partial charge in [-0.1, -0.05) is 84.0 Å². The first-order chi connectivity index (χ1) is 12.1. The third kappa shape index (κ3) is 14.8. The third-order valence-electron chi connectivity index (χ3n) is 4.79. The molecule has 146 valence electrons. The van der Waals surface area contributed by atoms with Crippen molar-refractivity contribution >= 4 is 18.0 Å².